The Balaban J connectivity index is 3.05. The van der Waals surface area contributed by atoms with Crippen molar-refractivity contribution >= 4 is 6.03 Å². The monoisotopic (exact) mass is 117 g/mol. The summed E-state index contributed by atoms with van der Waals surface area (Å²) in [5.74, 6) is 0. The summed E-state index contributed by atoms with van der Waals surface area (Å²) in [6.45, 7) is 3.80. The van der Waals surface area contributed by atoms with Gasteiger partial charge in [0.1, 0.15) is 0 Å². The van der Waals surface area contributed by atoms with E-state index in [0.717, 1.165) is 0 Å². The maximum absolute atomic E-state index is 9.95. The Bertz CT molecular complexity index is 81.4. The number of hydrazine groups is 1. The van der Waals surface area contributed by atoms with Crippen LogP contribution in [0.4, 0.5) is 4.79 Å². The van der Waals surface area contributed by atoms with Crippen LogP contribution in [0.15, 0.2) is 0 Å². The topological polar surface area (TPSA) is 67.2 Å². The summed E-state index contributed by atoms with van der Waals surface area (Å²) < 4.78 is 0. The fourth-order valence-corrected chi connectivity index (χ4v) is 0.215. The molecule has 4 heteroatoms. The number of nitrogens with two attached hydrogens (primary N) is 1. The van der Waals surface area contributed by atoms with Gasteiger partial charge in [0, 0.05) is 6.04 Å². The molecule has 0 aromatic carbocycles. The van der Waals surface area contributed by atoms with E-state index in [1.54, 1.807) is 0 Å². The third-order valence-corrected chi connectivity index (χ3v) is 0.484. The van der Waals surface area contributed by atoms with E-state index in [0.29, 0.717) is 0 Å². The lowest BCUT2D eigenvalue weighted by Crippen LogP contribution is -2.44. The largest absolute Gasteiger partial charge is 0.351 e. The molecule has 0 bridgehead atoms. The smallest absolute Gasteiger partial charge is 0.326 e. The minimum Gasteiger partial charge on any atom is -0.351 e. The maximum atomic E-state index is 9.95. The lowest BCUT2D eigenvalue weighted by Gasteiger charge is -2.05. The zero-order valence-electron chi connectivity index (χ0n) is 5.06. The lowest BCUT2D eigenvalue weighted by molar-refractivity contribution is 0.243. The van der Waals surface area contributed by atoms with Crippen molar-refractivity contribution in [2.75, 3.05) is 0 Å². The molecule has 0 aliphatic heterocycles. The maximum Gasteiger partial charge on any atom is 0.326 e. The van der Waals surface area contributed by atoms with Gasteiger partial charge in [-0.25, -0.2) is 10.2 Å². The second-order valence-electron chi connectivity index (χ2n) is 1.79. The summed E-state index contributed by atoms with van der Waals surface area (Å²) in [6, 6.07) is -0.332. The average molecular weight is 117 g/mol. The molecule has 0 heterocycles. The van der Waals surface area contributed by atoms with Gasteiger partial charge >= 0.3 is 6.03 Å². The van der Waals surface area contributed by atoms with E-state index in [-0.39, 0.29) is 6.04 Å². The summed E-state index contributed by atoms with van der Waals surface area (Å²) in [4.78, 5) is 9.95. The Hall–Kier alpha value is -0.770. The van der Waals surface area contributed by atoms with E-state index in [2.05, 4.69) is 10.9 Å². The molecule has 8 heavy (non-hydrogen) atoms. The van der Waals surface area contributed by atoms with Crippen LogP contribution in [-0.2, 0) is 0 Å². The lowest BCUT2D eigenvalue weighted by atomic mass is 10.4. The molecule has 2 amide bonds. The molecule has 48 valence electrons. The van der Waals surface area contributed by atoms with Crippen LogP contribution in [0.25, 0.3) is 0 Å². The molecule has 4 N–H and O–H groups in total. The van der Waals surface area contributed by atoms with Gasteiger partial charge in [0.15, 0.2) is 0 Å². The number of carbonyl (C=O) groups is 1. The van der Waals surface area contributed by atoms with Crippen LogP contribution in [0, 0.1) is 0 Å². The molecule has 0 aromatic rings. The average Bonchev–Trinajstić information content (AvgIpc) is 1.61. The molecule has 0 saturated heterocycles. The van der Waals surface area contributed by atoms with Gasteiger partial charge < -0.3 is 5.73 Å². The van der Waals surface area contributed by atoms with Gasteiger partial charge in [-0.2, -0.15) is 0 Å². The summed E-state index contributed by atoms with van der Waals surface area (Å²) in [6.07, 6.45) is 0. The van der Waals surface area contributed by atoms with Crippen LogP contribution in [0.1, 0.15) is 13.8 Å². The van der Waals surface area contributed by atoms with Crippen LogP contribution < -0.4 is 16.6 Å². The van der Waals surface area contributed by atoms with Gasteiger partial charge in [-0.15, -0.1) is 0 Å². The molecule has 0 aromatic heterocycles. The molecule has 0 rings (SSSR count). The zero-order chi connectivity index (χ0) is 6.57. The Morgan fingerprint density at radius 1 is 1.62 bits per heavy atom. The fourth-order valence-electron chi connectivity index (χ4n) is 0.215. The standard InChI is InChI=1S/C4H11N3O/c1-3(2)6-7-4(5)8/h3,6H,1-2H3,(H3,5,7,8). The molecule has 0 unspecified atom stereocenters. The van der Waals surface area contributed by atoms with Crippen LogP contribution >= 0.6 is 0 Å². The van der Waals surface area contributed by atoms with Crippen molar-refractivity contribution in [3.63, 3.8) is 0 Å². The molecule has 0 aliphatic rings. The summed E-state index contributed by atoms with van der Waals surface area (Å²) >= 11 is 0. The summed E-state index contributed by atoms with van der Waals surface area (Å²) in [5, 5.41) is 0. The first kappa shape index (κ1) is 7.23. The predicted molar refractivity (Wildman–Crippen MR) is 31.0 cm³/mol. The van der Waals surface area contributed by atoms with Crippen molar-refractivity contribution in [2.45, 2.75) is 19.9 Å². The molecule has 0 fully saturated rings. The highest BCUT2D eigenvalue weighted by molar-refractivity contribution is 5.70. The Morgan fingerprint density at radius 3 is 2.25 bits per heavy atom. The highest BCUT2D eigenvalue weighted by Crippen LogP contribution is 1.68. The number of urea groups is 1. The first-order valence-corrected chi connectivity index (χ1v) is 2.44. The molecule has 4 nitrogen and oxygen atoms in total. The van der Waals surface area contributed by atoms with Gasteiger partial charge in [0.25, 0.3) is 0 Å². The summed E-state index contributed by atoms with van der Waals surface area (Å²) in [5.41, 5.74) is 9.58. The second kappa shape index (κ2) is 3.26. The minimum absolute atomic E-state index is 0.225. The van der Waals surface area contributed by atoms with Crippen LogP contribution in [0.2, 0.25) is 0 Å². The second-order valence-corrected chi connectivity index (χ2v) is 1.79. The number of primary amides is 1. The van der Waals surface area contributed by atoms with Gasteiger partial charge in [0.2, 0.25) is 0 Å². The van der Waals surface area contributed by atoms with Crippen molar-refractivity contribution < 1.29 is 4.79 Å². The molecule has 0 aliphatic carbocycles. The van der Waals surface area contributed by atoms with Crippen molar-refractivity contribution in [2.24, 2.45) is 5.73 Å². The van der Waals surface area contributed by atoms with Crippen LogP contribution in [0.5, 0.6) is 0 Å². The number of nitrogens with one attached hydrogen (secondary N) is 2. The quantitative estimate of drug-likeness (QED) is 0.429. The number of hydrogen-bond donors (Lipinski definition) is 3. The van der Waals surface area contributed by atoms with Gasteiger partial charge in [-0.3, -0.25) is 5.43 Å². The Labute approximate surface area is 48.4 Å². The highest BCUT2D eigenvalue weighted by atomic mass is 16.2. The first-order chi connectivity index (χ1) is 3.63. The zero-order valence-corrected chi connectivity index (χ0v) is 5.06. The number of amides is 2. The van der Waals surface area contributed by atoms with Crippen molar-refractivity contribution in [1.29, 1.82) is 0 Å². The van der Waals surface area contributed by atoms with Crippen LogP contribution in [0.3, 0.4) is 0 Å². The molecule has 0 atom stereocenters. The molecule has 0 spiro atoms. The summed E-state index contributed by atoms with van der Waals surface area (Å²) in [7, 11) is 0. The van der Waals surface area contributed by atoms with E-state index in [1.165, 1.54) is 0 Å². The molecule has 0 saturated carbocycles. The van der Waals surface area contributed by atoms with Crippen molar-refractivity contribution in [3.8, 4) is 0 Å². The normalized spacial score (nSPS) is 9.38. The van der Waals surface area contributed by atoms with E-state index in [9.17, 15) is 4.79 Å². The highest BCUT2D eigenvalue weighted by Gasteiger charge is 1.90. The molecular formula is C4H11N3O. The fraction of sp³-hybridized carbons (Fsp3) is 0.750. The van der Waals surface area contributed by atoms with E-state index in [1.807, 2.05) is 13.8 Å². The van der Waals surface area contributed by atoms with Crippen molar-refractivity contribution in [3.05, 3.63) is 0 Å². The van der Waals surface area contributed by atoms with Gasteiger partial charge in [-0.05, 0) is 13.8 Å². The van der Waals surface area contributed by atoms with Crippen LogP contribution in [-0.4, -0.2) is 12.1 Å². The van der Waals surface area contributed by atoms with E-state index in [4.69, 9.17) is 5.73 Å². The number of carbonyl (C=O) groups excluding carboxylic acids is 1. The van der Waals surface area contributed by atoms with E-state index >= 15 is 0 Å². The number of hydrogen-bond acceptors (Lipinski definition) is 2. The SMILES string of the molecule is CC(C)NNC(N)=O. The van der Waals surface area contributed by atoms with Gasteiger partial charge in [0.05, 0.1) is 0 Å². The predicted octanol–water partition coefficient (Wildman–Crippen LogP) is -0.432. The Morgan fingerprint density at radius 2 is 2.12 bits per heavy atom. The first-order valence-electron chi connectivity index (χ1n) is 2.44. The Kier molecular flexibility index (Phi) is 2.95. The molecular weight excluding hydrogens is 106 g/mol. The minimum atomic E-state index is -0.557. The van der Waals surface area contributed by atoms with E-state index < -0.39 is 6.03 Å². The third kappa shape index (κ3) is 5.23. The molecule has 0 radical (unpaired) electrons. The van der Waals surface area contributed by atoms with Gasteiger partial charge in [-0.1, -0.05) is 0 Å². The number of rotatable bonds is 2. The third-order valence-electron chi connectivity index (χ3n) is 0.484. The van der Waals surface area contributed by atoms with Crippen molar-refractivity contribution in [1.82, 2.24) is 10.9 Å².